The van der Waals surface area contributed by atoms with Crippen molar-refractivity contribution in [2.75, 3.05) is 7.05 Å². The standard InChI is InChI=1S/C18H19Cl2NO4/c1-3-4-5-6-7-10-12(22)9-8-11-14(10)25-18(16(11)23)15(20)13(19)17(24)21(18)2/h8-9,22H,3-7H2,1-2H3. The summed E-state index contributed by atoms with van der Waals surface area (Å²) in [5, 5.41) is 9.88. The number of benzene rings is 1. The number of phenols is 1. The Morgan fingerprint density at radius 1 is 1.20 bits per heavy atom. The maximum atomic E-state index is 13.0. The summed E-state index contributed by atoms with van der Waals surface area (Å²) in [6.45, 7) is 2.12. The summed E-state index contributed by atoms with van der Waals surface area (Å²) in [5.74, 6) is -0.667. The monoisotopic (exact) mass is 383 g/mol. The summed E-state index contributed by atoms with van der Waals surface area (Å²) < 4.78 is 5.92. The molecule has 0 bridgehead atoms. The Bertz CT molecular complexity index is 790. The second-order valence-electron chi connectivity index (χ2n) is 6.32. The first-order valence-electron chi connectivity index (χ1n) is 8.28. The Morgan fingerprint density at radius 2 is 1.92 bits per heavy atom. The van der Waals surface area contributed by atoms with Gasteiger partial charge in [0, 0.05) is 12.6 Å². The third-order valence-electron chi connectivity index (χ3n) is 4.77. The summed E-state index contributed by atoms with van der Waals surface area (Å²) in [6.07, 6.45) is 4.65. The van der Waals surface area contributed by atoms with Gasteiger partial charge in [0.2, 0.25) is 5.78 Å². The molecular formula is C18H19Cl2NO4. The maximum Gasteiger partial charge on any atom is 0.287 e. The average molecular weight is 384 g/mol. The van der Waals surface area contributed by atoms with Gasteiger partial charge in [-0.3, -0.25) is 14.5 Å². The molecule has 134 valence electrons. The molecule has 0 saturated heterocycles. The molecule has 2 heterocycles. The van der Waals surface area contributed by atoms with E-state index in [1.165, 1.54) is 19.2 Å². The molecule has 1 amide bonds. The molecule has 5 nitrogen and oxygen atoms in total. The lowest BCUT2D eigenvalue weighted by atomic mass is 9.98. The quantitative estimate of drug-likeness (QED) is 0.781. The summed E-state index contributed by atoms with van der Waals surface area (Å²) in [7, 11) is 1.42. The normalized spacial score (nSPS) is 22.2. The number of hydrogen-bond donors (Lipinski definition) is 1. The number of ether oxygens (including phenoxy) is 1. The summed E-state index contributed by atoms with van der Waals surface area (Å²) >= 11 is 12.2. The number of nitrogens with zero attached hydrogens (tertiary/aromatic N) is 1. The SMILES string of the molecule is CCCCCCc1c(O)ccc2c1OC1(C2=O)C(Cl)=C(Cl)C(=O)N1C. The highest BCUT2D eigenvalue weighted by molar-refractivity contribution is 6.51. The molecule has 0 saturated carbocycles. The van der Waals surface area contributed by atoms with Gasteiger partial charge in [0.1, 0.15) is 21.6 Å². The Hall–Kier alpha value is -1.72. The Morgan fingerprint density at radius 3 is 2.52 bits per heavy atom. The van der Waals surface area contributed by atoms with Crippen molar-refractivity contribution in [1.82, 2.24) is 4.90 Å². The van der Waals surface area contributed by atoms with Gasteiger partial charge < -0.3 is 9.84 Å². The maximum absolute atomic E-state index is 13.0. The van der Waals surface area contributed by atoms with Crippen LogP contribution in [-0.2, 0) is 11.2 Å². The number of carbonyl (C=O) groups excluding carboxylic acids is 2. The number of halogens is 2. The van der Waals surface area contributed by atoms with E-state index >= 15 is 0 Å². The van der Waals surface area contributed by atoms with Crippen molar-refractivity contribution < 1.29 is 19.4 Å². The van der Waals surface area contributed by atoms with Gasteiger partial charge >= 0.3 is 0 Å². The highest BCUT2D eigenvalue weighted by Gasteiger charge is 2.61. The summed E-state index contributed by atoms with van der Waals surface area (Å²) in [5.41, 5.74) is -0.899. The second kappa shape index (κ2) is 6.54. The van der Waals surface area contributed by atoms with Crippen LogP contribution in [0.1, 0.15) is 48.5 Å². The van der Waals surface area contributed by atoms with Crippen LogP contribution in [0.2, 0.25) is 0 Å². The molecule has 0 aromatic heterocycles. The van der Waals surface area contributed by atoms with E-state index in [2.05, 4.69) is 6.92 Å². The molecule has 1 N–H and O–H groups in total. The van der Waals surface area contributed by atoms with Crippen molar-refractivity contribution >= 4 is 34.9 Å². The second-order valence-corrected chi connectivity index (χ2v) is 7.07. The molecule has 3 rings (SSSR count). The fourth-order valence-corrected chi connectivity index (χ4v) is 3.89. The van der Waals surface area contributed by atoms with Crippen LogP contribution in [-0.4, -0.2) is 34.5 Å². The molecule has 1 aromatic carbocycles. The van der Waals surface area contributed by atoms with Gasteiger partial charge in [-0.1, -0.05) is 49.4 Å². The van der Waals surface area contributed by atoms with Gasteiger partial charge in [0.25, 0.3) is 11.6 Å². The number of amides is 1. The number of carbonyl (C=O) groups is 2. The van der Waals surface area contributed by atoms with Crippen LogP contribution in [0.25, 0.3) is 0 Å². The van der Waals surface area contributed by atoms with E-state index in [4.69, 9.17) is 27.9 Å². The largest absolute Gasteiger partial charge is 0.508 e. The molecule has 1 spiro atoms. The highest BCUT2D eigenvalue weighted by atomic mass is 35.5. The number of aromatic hydroxyl groups is 1. The lowest BCUT2D eigenvalue weighted by molar-refractivity contribution is -0.131. The molecule has 2 aliphatic rings. The van der Waals surface area contributed by atoms with E-state index in [1.807, 2.05) is 0 Å². The van der Waals surface area contributed by atoms with Gasteiger partial charge in [-0.05, 0) is 25.0 Å². The van der Waals surface area contributed by atoms with E-state index in [1.54, 1.807) is 0 Å². The lowest BCUT2D eigenvalue weighted by Gasteiger charge is -2.30. The average Bonchev–Trinajstić information content (AvgIpc) is 2.98. The highest BCUT2D eigenvalue weighted by Crippen LogP contribution is 2.50. The van der Waals surface area contributed by atoms with Gasteiger partial charge in [-0.25, -0.2) is 0 Å². The van der Waals surface area contributed by atoms with Crippen LogP contribution in [0.15, 0.2) is 22.2 Å². The third-order valence-corrected chi connectivity index (χ3v) is 5.67. The van der Waals surface area contributed by atoms with E-state index in [0.29, 0.717) is 17.5 Å². The molecular weight excluding hydrogens is 365 g/mol. The molecule has 0 fully saturated rings. The number of likely N-dealkylation sites (N-methyl/N-ethyl adjacent to an activating group) is 1. The molecule has 25 heavy (non-hydrogen) atoms. The molecule has 0 aliphatic carbocycles. The minimum absolute atomic E-state index is 0.0678. The summed E-state index contributed by atoms with van der Waals surface area (Å²) in [6, 6.07) is 2.97. The van der Waals surface area contributed by atoms with E-state index in [0.717, 1.165) is 30.6 Å². The van der Waals surface area contributed by atoms with E-state index in [9.17, 15) is 14.7 Å². The number of Topliss-reactive ketones (excluding diaryl/α,β-unsaturated/α-hetero) is 1. The van der Waals surface area contributed by atoms with Crippen molar-refractivity contribution in [1.29, 1.82) is 0 Å². The predicted octanol–water partition coefficient (Wildman–Crippen LogP) is 3.95. The van der Waals surface area contributed by atoms with E-state index < -0.39 is 17.4 Å². The van der Waals surface area contributed by atoms with E-state index in [-0.39, 0.29) is 21.6 Å². The number of fused-ring (bicyclic) bond motifs is 1. The number of ketones is 1. The van der Waals surface area contributed by atoms with Crippen molar-refractivity contribution in [3.8, 4) is 11.5 Å². The van der Waals surface area contributed by atoms with Crippen molar-refractivity contribution in [2.24, 2.45) is 0 Å². The molecule has 0 radical (unpaired) electrons. The Labute approximate surface area is 156 Å². The van der Waals surface area contributed by atoms with Crippen LogP contribution in [0.4, 0.5) is 0 Å². The number of rotatable bonds is 5. The fourth-order valence-electron chi connectivity index (χ4n) is 3.30. The van der Waals surface area contributed by atoms with Crippen LogP contribution < -0.4 is 4.74 Å². The Balaban J connectivity index is 2.01. The van der Waals surface area contributed by atoms with Gasteiger partial charge in [-0.15, -0.1) is 0 Å². The molecule has 7 heteroatoms. The molecule has 1 aromatic rings. The predicted molar refractivity (Wildman–Crippen MR) is 95.1 cm³/mol. The topological polar surface area (TPSA) is 66.8 Å². The van der Waals surface area contributed by atoms with Crippen LogP contribution >= 0.6 is 23.2 Å². The van der Waals surface area contributed by atoms with Crippen molar-refractivity contribution in [3.05, 3.63) is 33.3 Å². The van der Waals surface area contributed by atoms with Crippen LogP contribution in [0.5, 0.6) is 11.5 Å². The third kappa shape index (κ3) is 2.52. The first-order chi connectivity index (χ1) is 11.9. The lowest BCUT2D eigenvalue weighted by Crippen LogP contribution is -2.53. The first kappa shape index (κ1) is 18.1. The first-order valence-corrected chi connectivity index (χ1v) is 9.04. The zero-order valence-electron chi connectivity index (χ0n) is 14.1. The molecule has 2 aliphatic heterocycles. The molecule has 1 unspecified atom stereocenters. The van der Waals surface area contributed by atoms with Crippen LogP contribution in [0.3, 0.4) is 0 Å². The minimum Gasteiger partial charge on any atom is -0.508 e. The number of unbranched alkanes of at least 4 members (excludes halogenated alkanes) is 3. The minimum atomic E-state index is -1.76. The molecule has 1 atom stereocenters. The van der Waals surface area contributed by atoms with Crippen molar-refractivity contribution in [2.45, 2.75) is 44.8 Å². The van der Waals surface area contributed by atoms with Gasteiger partial charge in [0.15, 0.2) is 0 Å². The van der Waals surface area contributed by atoms with Crippen LogP contribution in [0, 0.1) is 0 Å². The Kier molecular flexibility index (Phi) is 4.73. The zero-order valence-corrected chi connectivity index (χ0v) is 15.6. The van der Waals surface area contributed by atoms with Crippen molar-refractivity contribution in [3.63, 3.8) is 0 Å². The summed E-state index contributed by atoms with van der Waals surface area (Å²) in [4.78, 5) is 26.2. The van der Waals surface area contributed by atoms with Gasteiger partial charge in [0.05, 0.1) is 5.56 Å². The number of phenolic OH excluding ortho intramolecular Hbond substituents is 1. The zero-order chi connectivity index (χ0) is 18.4. The smallest absolute Gasteiger partial charge is 0.287 e. The van der Waals surface area contributed by atoms with Gasteiger partial charge in [-0.2, -0.15) is 0 Å². The number of hydrogen-bond acceptors (Lipinski definition) is 4. The fraction of sp³-hybridized carbons (Fsp3) is 0.444.